The average molecular weight is 299 g/mol. The highest BCUT2D eigenvalue weighted by atomic mass is 16.5. The first-order valence-corrected chi connectivity index (χ1v) is 7.11. The van der Waals surface area contributed by atoms with Crippen molar-refractivity contribution in [3.05, 3.63) is 0 Å². The number of ether oxygens (including phenoxy) is 2. The van der Waals surface area contributed by atoms with Gasteiger partial charge in [0, 0.05) is 32.5 Å². The van der Waals surface area contributed by atoms with Crippen LogP contribution in [0.3, 0.4) is 0 Å². The summed E-state index contributed by atoms with van der Waals surface area (Å²) in [6.07, 6.45) is 0.224. The van der Waals surface area contributed by atoms with Gasteiger partial charge < -0.3 is 25.0 Å². The molecule has 3 amide bonds. The number of amides is 3. The van der Waals surface area contributed by atoms with Crippen LogP contribution in [-0.2, 0) is 23.9 Å². The summed E-state index contributed by atoms with van der Waals surface area (Å²) < 4.78 is 10.3. The second kappa shape index (κ2) is 7.37. The van der Waals surface area contributed by atoms with Crippen molar-refractivity contribution in [3.8, 4) is 0 Å². The van der Waals surface area contributed by atoms with Gasteiger partial charge in [-0.2, -0.15) is 0 Å². The number of carbonyl (C=O) groups excluding carboxylic acids is 3. The number of nitrogens with zero attached hydrogens (tertiary/aromatic N) is 2. The Morgan fingerprint density at radius 1 is 0.952 bits per heavy atom. The molecule has 2 N–H and O–H groups in total. The predicted octanol–water partition coefficient (Wildman–Crippen LogP) is -1.66. The molecule has 2 aliphatic heterocycles. The first-order valence-electron chi connectivity index (χ1n) is 7.11. The fourth-order valence-electron chi connectivity index (χ4n) is 2.47. The molecule has 0 unspecified atom stereocenters. The van der Waals surface area contributed by atoms with Crippen LogP contribution in [0.5, 0.6) is 0 Å². The molecule has 0 saturated carbocycles. The van der Waals surface area contributed by atoms with Gasteiger partial charge >= 0.3 is 0 Å². The van der Waals surface area contributed by atoms with Crippen LogP contribution in [-0.4, -0.2) is 79.6 Å². The Hall–Kier alpha value is -1.67. The number of carbonyl (C=O) groups is 3. The average Bonchev–Trinajstić information content (AvgIpc) is 2.53. The molecule has 2 heterocycles. The summed E-state index contributed by atoms with van der Waals surface area (Å²) >= 11 is 0. The molecule has 2 aliphatic rings. The number of primary amides is 1. The summed E-state index contributed by atoms with van der Waals surface area (Å²) in [4.78, 5) is 38.6. The Morgan fingerprint density at radius 3 is 2.24 bits per heavy atom. The molecule has 0 radical (unpaired) electrons. The Morgan fingerprint density at radius 2 is 1.57 bits per heavy atom. The van der Waals surface area contributed by atoms with E-state index in [0.717, 1.165) is 0 Å². The second-order valence-electron chi connectivity index (χ2n) is 5.07. The van der Waals surface area contributed by atoms with Crippen molar-refractivity contribution in [1.29, 1.82) is 0 Å². The van der Waals surface area contributed by atoms with Crippen LogP contribution in [0, 0.1) is 0 Å². The molecule has 0 bridgehead atoms. The molecule has 21 heavy (non-hydrogen) atoms. The molecule has 8 heteroatoms. The van der Waals surface area contributed by atoms with E-state index < -0.39 is 11.9 Å². The van der Waals surface area contributed by atoms with Crippen LogP contribution in [0.2, 0.25) is 0 Å². The first-order chi connectivity index (χ1) is 10.1. The monoisotopic (exact) mass is 299 g/mol. The van der Waals surface area contributed by atoms with Gasteiger partial charge in [-0.3, -0.25) is 14.4 Å². The number of rotatable bonds is 4. The molecule has 0 aromatic heterocycles. The summed E-state index contributed by atoms with van der Waals surface area (Å²) in [5, 5.41) is 0. The lowest BCUT2D eigenvalue weighted by atomic mass is 10.1. The van der Waals surface area contributed by atoms with E-state index in [-0.39, 0.29) is 31.3 Å². The van der Waals surface area contributed by atoms with Gasteiger partial charge in [-0.25, -0.2) is 0 Å². The molecule has 118 valence electrons. The number of hydrogen-bond acceptors (Lipinski definition) is 5. The van der Waals surface area contributed by atoms with Gasteiger partial charge in [0.2, 0.25) is 17.7 Å². The van der Waals surface area contributed by atoms with Crippen molar-refractivity contribution < 1.29 is 23.9 Å². The lowest BCUT2D eigenvalue weighted by Crippen LogP contribution is -2.54. The Bertz CT molecular complexity index is 409. The maximum absolute atomic E-state index is 12.2. The maximum Gasteiger partial charge on any atom is 0.242 e. The Kier molecular flexibility index (Phi) is 5.51. The highest BCUT2D eigenvalue weighted by Crippen LogP contribution is 2.11. The van der Waals surface area contributed by atoms with Crippen molar-refractivity contribution in [2.24, 2.45) is 5.73 Å². The molecule has 0 spiro atoms. The summed E-state index contributed by atoms with van der Waals surface area (Å²) in [7, 11) is 0. The fourth-order valence-corrected chi connectivity index (χ4v) is 2.47. The third-order valence-corrected chi connectivity index (χ3v) is 3.69. The summed E-state index contributed by atoms with van der Waals surface area (Å²) in [5.41, 5.74) is 5.27. The van der Waals surface area contributed by atoms with Crippen LogP contribution in [0.25, 0.3) is 0 Å². The Labute approximate surface area is 123 Å². The highest BCUT2D eigenvalue weighted by Gasteiger charge is 2.31. The highest BCUT2D eigenvalue weighted by molar-refractivity contribution is 5.89. The van der Waals surface area contributed by atoms with Crippen molar-refractivity contribution in [2.75, 3.05) is 46.1 Å². The lowest BCUT2D eigenvalue weighted by molar-refractivity contribution is -0.148. The first kappa shape index (κ1) is 15.7. The minimum atomic E-state index is -0.732. The van der Waals surface area contributed by atoms with Crippen molar-refractivity contribution in [3.63, 3.8) is 0 Å². The summed E-state index contributed by atoms with van der Waals surface area (Å²) in [6.45, 7) is 3.03. The Balaban J connectivity index is 1.82. The molecule has 0 aromatic carbocycles. The van der Waals surface area contributed by atoms with Gasteiger partial charge in [0.1, 0.15) is 6.04 Å². The van der Waals surface area contributed by atoms with E-state index in [4.69, 9.17) is 15.2 Å². The van der Waals surface area contributed by atoms with E-state index in [9.17, 15) is 14.4 Å². The van der Waals surface area contributed by atoms with E-state index in [1.54, 1.807) is 4.90 Å². The van der Waals surface area contributed by atoms with E-state index in [1.165, 1.54) is 4.90 Å². The normalized spacial score (nSPS) is 23.0. The third-order valence-electron chi connectivity index (χ3n) is 3.69. The lowest BCUT2D eigenvalue weighted by Gasteiger charge is -2.33. The number of hydrogen-bond donors (Lipinski definition) is 1. The molecule has 2 fully saturated rings. The van der Waals surface area contributed by atoms with Crippen LogP contribution >= 0.6 is 0 Å². The minimum absolute atomic E-state index is 0.0597. The zero-order valence-electron chi connectivity index (χ0n) is 12.0. The van der Waals surface area contributed by atoms with Crippen LogP contribution in [0.1, 0.15) is 12.8 Å². The topological polar surface area (TPSA) is 102 Å². The summed E-state index contributed by atoms with van der Waals surface area (Å²) in [6, 6.07) is -0.732. The molecular formula is C13H21N3O5. The second-order valence-corrected chi connectivity index (χ2v) is 5.07. The van der Waals surface area contributed by atoms with E-state index in [2.05, 4.69) is 0 Å². The largest absolute Gasteiger partial charge is 0.378 e. The van der Waals surface area contributed by atoms with Crippen LogP contribution in [0.15, 0.2) is 0 Å². The molecule has 2 rings (SSSR count). The van der Waals surface area contributed by atoms with Gasteiger partial charge in [0.25, 0.3) is 0 Å². The molecule has 0 aromatic rings. The number of nitrogens with two attached hydrogens (primary N) is 1. The van der Waals surface area contributed by atoms with E-state index in [0.29, 0.717) is 39.5 Å². The smallest absolute Gasteiger partial charge is 0.242 e. The predicted molar refractivity (Wildman–Crippen MR) is 72.1 cm³/mol. The van der Waals surface area contributed by atoms with Crippen LogP contribution in [0.4, 0.5) is 0 Å². The molecule has 8 nitrogen and oxygen atoms in total. The standard InChI is InChI=1S/C13H21N3O5/c14-13(19)10-9-21-8-5-16(10)12(18)2-1-11(17)15-3-6-20-7-4-15/h10H,1-9H2,(H2,14,19)/t10-/m0/s1. The van der Waals surface area contributed by atoms with Gasteiger partial charge in [0.05, 0.1) is 26.4 Å². The zero-order chi connectivity index (χ0) is 15.2. The van der Waals surface area contributed by atoms with E-state index in [1.807, 2.05) is 0 Å². The molecular weight excluding hydrogens is 278 g/mol. The van der Waals surface area contributed by atoms with Crippen molar-refractivity contribution in [2.45, 2.75) is 18.9 Å². The maximum atomic E-state index is 12.2. The van der Waals surface area contributed by atoms with Crippen molar-refractivity contribution >= 4 is 17.7 Å². The van der Waals surface area contributed by atoms with Gasteiger partial charge in [-0.05, 0) is 0 Å². The quantitative estimate of drug-likeness (QED) is 0.669. The number of morpholine rings is 2. The fraction of sp³-hybridized carbons (Fsp3) is 0.769. The zero-order valence-corrected chi connectivity index (χ0v) is 12.0. The van der Waals surface area contributed by atoms with E-state index >= 15 is 0 Å². The minimum Gasteiger partial charge on any atom is -0.378 e. The van der Waals surface area contributed by atoms with Gasteiger partial charge in [0.15, 0.2) is 0 Å². The third kappa shape index (κ3) is 4.15. The molecule has 2 saturated heterocycles. The van der Waals surface area contributed by atoms with Crippen molar-refractivity contribution in [1.82, 2.24) is 9.80 Å². The summed E-state index contributed by atoms with van der Waals surface area (Å²) in [5.74, 6) is -0.873. The molecule has 0 aliphatic carbocycles. The SMILES string of the molecule is NC(=O)[C@@H]1COCCN1C(=O)CCC(=O)N1CCOCC1. The van der Waals surface area contributed by atoms with Gasteiger partial charge in [-0.15, -0.1) is 0 Å². The van der Waals surface area contributed by atoms with Gasteiger partial charge in [-0.1, -0.05) is 0 Å². The molecule has 1 atom stereocenters. The van der Waals surface area contributed by atoms with Crippen LogP contribution < -0.4 is 5.73 Å².